The average Bonchev–Trinajstić information content (AvgIpc) is 2.66. The maximum atomic E-state index is 11.7. The van der Waals surface area contributed by atoms with Gasteiger partial charge in [-0.05, 0) is 25.2 Å². The molecule has 1 rings (SSSR count). The molecule has 0 radical (unpaired) electrons. The molecule has 0 saturated heterocycles. The lowest BCUT2D eigenvalue weighted by molar-refractivity contribution is -0.126. The molecule has 1 aliphatic carbocycles. The van der Waals surface area contributed by atoms with Crippen molar-refractivity contribution >= 4 is 11.8 Å². The minimum atomic E-state index is -0.770. The van der Waals surface area contributed by atoms with Crippen molar-refractivity contribution in [3.8, 4) is 0 Å². The Hall–Kier alpha value is -1.10. The van der Waals surface area contributed by atoms with Crippen molar-refractivity contribution < 1.29 is 14.7 Å². The van der Waals surface area contributed by atoms with E-state index in [1.54, 1.807) is 0 Å². The minimum Gasteiger partial charge on any atom is -0.388 e. The Kier molecular flexibility index (Phi) is 7.72. The minimum absolute atomic E-state index is 0.00694. The van der Waals surface area contributed by atoms with Crippen LogP contribution in [0.4, 0.5) is 0 Å². The van der Waals surface area contributed by atoms with E-state index in [4.69, 9.17) is 0 Å². The third kappa shape index (κ3) is 8.05. The molecule has 0 aromatic heterocycles. The van der Waals surface area contributed by atoms with E-state index >= 15 is 0 Å². The summed E-state index contributed by atoms with van der Waals surface area (Å²) < 4.78 is 0. The monoisotopic (exact) mass is 298 g/mol. The molecule has 0 bridgehead atoms. The van der Waals surface area contributed by atoms with Gasteiger partial charge in [-0.3, -0.25) is 9.59 Å². The molecule has 2 amide bonds. The van der Waals surface area contributed by atoms with Gasteiger partial charge in [-0.15, -0.1) is 0 Å². The fourth-order valence-corrected chi connectivity index (χ4v) is 2.58. The quantitative estimate of drug-likeness (QED) is 0.626. The van der Waals surface area contributed by atoms with Crippen molar-refractivity contribution in [1.82, 2.24) is 10.6 Å². The summed E-state index contributed by atoms with van der Waals surface area (Å²) in [5, 5.41) is 15.8. The lowest BCUT2D eigenvalue weighted by Crippen LogP contribution is -2.45. The standard InChI is InChI=1S/C16H30N2O3/c1-13(2)7-8-14(19)17-11-15(20)18-12-16(21)9-5-3-4-6-10-16/h13,21H,3-12H2,1-2H3,(H,17,19)(H,18,20). The second-order valence-corrected chi connectivity index (χ2v) is 6.62. The molecule has 1 saturated carbocycles. The van der Waals surface area contributed by atoms with Crippen LogP contribution in [0.25, 0.3) is 0 Å². The Bertz CT molecular complexity index is 334. The molecule has 0 heterocycles. The first-order valence-electron chi connectivity index (χ1n) is 8.17. The molecule has 3 N–H and O–H groups in total. The van der Waals surface area contributed by atoms with Gasteiger partial charge in [-0.25, -0.2) is 0 Å². The molecule has 0 aromatic carbocycles. The highest BCUT2D eigenvalue weighted by atomic mass is 16.3. The first kappa shape index (κ1) is 18.0. The van der Waals surface area contributed by atoms with Crippen molar-refractivity contribution in [2.75, 3.05) is 13.1 Å². The van der Waals surface area contributed by atoms with Crippen LogP contribution in [-0.4, -0.2) is 35.6 Å². The van der Waals surface area contributed by atoms with Crippen LogP contribution in [0.2, 0.25) is 0 Å². The van der Waals surface area contributed by atoms with Gasteiger partial charge in [-0.2, -0.15) is 0 Å². The van der Waals surface area contributed by atoms with Crippen LogP contribution >= 0.6 is 0 Å². The number of carbonyl (C=O) groups excluding carboxylic acids is 2. The summed E-state index contributed by atoms with van der Waals surface area (Å²) in [5.41, 5.74) is -0.770. The molecule has 0 aromatic rings. The van der Waals surface area contributed by atoms with Crippen molar-refractivity contribution in [3.05, 3.63) is 0 Å². The van der Waals surface area contributed by atoms with Crippen LogP contribution in [0.15, 0.2) is 0 Å². The largest absolute Gasteiger partial charge is 0.388 e. The van der Waals surface area contributed by atoms with Crippen LogP contribution in [0.5, 0.6) is 0 Å². The predicted octanol–water partition coefficient (Wildman–Crippen LogP) is 1.74. The van der Waals surface area contributed by atoms with E-state index in [0.29, 0.717) is 12.3 Å². The van der Waals surface area contributed by atoms with Gasteiger partial charge in [0.05, 0.1) is 12.1 Å². The molecule has 0 spiro atoms. The molecule has 0 atom stereocenters. The molecular formula is C16H30N2O3. The summed E-state index contributed by atoms with van der Waals surface area (Å²) in [7, 11) is 0. The first-order valence-corrected chi connectivity index (χ1v) is 8.17. The molecule has 5 nitrogen and oxygen atoms in total. The Balaban J connectivity index is 2.19. The number of rotatable bonds is 7. The zero-order chi connectivity index (χ0) is 15.7. The predicted molar refractivity (Wildman–Crippen MR) is 82.7 cm³/mol. The third-order valence-electron chi connectivity index (χ3n) is 4.04. The molecular weight excluding hydrogens is 268 g/mol. The summed E-state index contributed by atoms with van der Waals surface area (Å²) in [4.78, 5) is 23.2. The number of aliphatic hydroxyl groups is 1. The second kappa shape index (κ2) is 9.03. The van der Waals surface area contributed by atoms with Crippen molar-refractivity contribution in [2.24, 2.45) is 5.92 Å². The Morgan fingerprint density at radius 2 is 1.67 bits per heavy atom. The van der Waals surface area contributed by atoms with Gasteiger partial charge in [0, 0.05) is 13.0 Å². The number of hydrogen-bond acceptors (Lipinski definition) is 3. The van der Waals surface area contributed by atoms with E-state index in [0.717, 1.165) is 44.9 Å². The van der Waals surface area contributed by atoms with Crippen LogP contribution in [0.1, 0.15) is 65.2 Å². The Labute approximate surface area is 127 Å². The average molecular weight is 298 g/mol. The van der Waals surface area contributed by atoms with E-state index in [9.17, 15) is 14.7 Å². The highest BCUT2D eigenvalue weighted by molar-refractivity contribution is 5.84. The van der Waals surface area contributed by atoms with Crippen molar-refractivity contribution in [2.45, 2.75) is 70.8 Å². The molecule has 21 heavy (non-hydrogen) atoms. The van der Waals surface area contributed by atoms with E-state index in [1.165, 1.54) is 0 Å². The van der Waals surface area contributed by atoms with Crippen molar-refractivity contribution in [1.29, 1.82) is 0 Å². The Morgan fingerprint density at radius 3 is 2.24 bits per heavy atom. The molecule has 5 heteroatoms. The van der Waals surface area contributed by atoms with Crippen LogP contribution in [0, 0.1) is 5.92 Å². The molecule has 0 unspecified atom stereocenters. The number of carbonyl (C=O) groups is 2. The third-order valence-corrected chi connectivity index (χ3v) is 4.04. The molecule has 1 aliphatic rings. The maximum absolute atomic E-state index is 11.7. The lowest BCUT2D eigenvalue weighted by Gasteiger charge is -2.26. The number of hydrogen-bond donors (Lipinski definition) is 3. The molecule has 0 aliphatic heterocycles. The van der Waals surface area contributed by atoms with Gasteiger partial charge in [0.25, 0.3) is 0 Å². The number of amides is 2. The van der Waals surface area contributed by atoms with E-state index in [-0.39, 0.29) is 24.9 Å². The molecule has 1 fully saturated rings. The summed E-state index contributed by atoms with van der Waals surface area (Å²) >= 11 is 0. The zero-order valence-electron chi connectivity index (χ0n) is 13.4. The summed E-state index contributed by atoms with van der Waals surface area (Å²) in [6.07, 6.45) is 7.10. The van der Waals surface area contributed by atoms with Gasteiger partial charge in [0.1, 0.15) is 0 Å². The van der Waals surface area contributed by atoms with Gasteiger partial charge in [0.2, 0.25) is 11.8 Å². The summed E-state index contributed by atoms with van der Waals surface area (Å²) in [6.45, 7) is 4.40. The van der Waals surface area contributed by atoms with Crippen molar-refractivity contribution in [3.63, 3.8) is 0 Å². The first-order chi connectivity index (χ1) is 9.91. The fraction of sp³-hybridized carbons (Fsp3) is 0.875. The smallest absolute Gasteiger partial charge is 0.239 e. The Morgan fingerprint density at radius 1 is 1.05 bits per heavy atom. The summed E-state index contributed by atoms with van der Waals surface area (Å²) in [6, 6.07) is 0. The summed E-state index contributed by atoms with van der Waals surface area (Å²) in [5.74, 6) is 0.159. The van der Waals surface area contributed by atoms with Gasteiger partial charge in [-0.1, -0.05) is 39.5 Å². The normalized spacial score (nSPS) is 18.1. The van der Waals surface area contributed by atoms with E-state index in [1.807, 2.05) is 0 Å². The SMILES string of the molecule is CC(C)CCC(=O)NCC(=O)NCC1(O)CCCCCC1. The zero-order valence-corrected chi connectivity index (χ0v) is 13.4. The highest BCUT2D eigenvalue weighted by Gasteiger charge is 2.28. The van der Waals surface area contributed by atoms with Crippen LogP contribution in [0.3, 0.4) is 0 Å². The lowest BCUT2D eigenvalue weighted by atomic mass is 9.94. The maximum Gasteiger partial charge on any atom is 0.239 e. The molecule has 122 valence electrons. The van der Waals surface area contributed by atoms with Crippen LogP contribution < -0.4 is 10.6 Å². The number of nitrogens with one attached hydrogen (secondary N) is 2. The van der Waals surface area contributed by atoms with Gasteiger partial charge >= 0.3 is 0 Å². The van der Waals surface area contributed by atoms with Gasteiger partial charge < -0.3 is 15.7 Å². The topological polar surface area (TPSA) is 78.4 Å². The second-order valence-electron chi connectivity index (χ2n) is 6.62. The fourth-order valence-electron chi connectivity index (χ4n) is 2.58. The van der Waals surface area contributed by atoms with Gasteiger partial charge in [0.15, 0.2) is 0 Å². The van der Waals surface area contributed by atoms with Crippen LogP contribution in [-0.2, 0) is 9.59 Å². The van der Waals surface area contributed by atoms with E-state index < -0.39 is 5.60 Å². The highest BCUT2D eigenvalue weighted by Crippen LogP contribution is 2.26. The van der Waals surface area contributed by atoms with E-state index in [2.05, 4.69) is 24.5 Å².